The number of hydrogen-bond donors (Lipinski definition) is 1. The first-order chi connectivity index (χ1) is 16.2. The van der Waals surface area contributed by atoms with E-state index < -0.39 is 17.3 Å². The number of hydrogen-bond acceptors (Lipinski definition) is 4. The molecule has 0 bridgehead atoms. The number of nitrogens with zero attached hydrogens (tertiary/aromatic N) is 2. The van der Waals surface area contributed by atoms with Crippen molar-refractivity contribution in [3.8, 4) is 5.69 Å². The summed E-state index contributed by atoms with van der Waals surface area (Å²) < 4.78 is 42.0. The van der Waals surface area contributed by atoms with Crippen LogP contribution >= 0.6 is 11.8 Å². The van der Waals surface area contributed by atoms with Crippen molar-refractivity contribution in [3.63, 3.8) is 0 Å². The van der Waals surface area contributed by atoms with Crippen LogP contribution < -0.4 is 10.9 Å². The Morgan fingerprint density at radius 1 is 1.00 bits per heavy atom. The largest absolute Gasteiger partial charge is 0.418 e. The molecule has 0 aliphatic heterocycles. The molecule has 174 valence electrons. The summed E-state index contributed by atoms with van der Waals surface area (Å²) in [6.07, 6.45) is -4.67. The molecule has 0 radical (unpaired) electrons. The number of rotatable bonds is 6. The number of para-hydroxylation sites is 2. The van der Waals surface area contributed by atoms with Crippen LogP contribution in [0, 0.1) is 6.92 Å². The molecule has 1 heterocycles. The molecule has 4 rings (SSSR count). The van der Waals surface area contributed by atoms with Crippen LogP contribution in [0.25, 0.3) is 16.6 Å². The lowest BCUT2D eigenvalue weighted by Gasteiger charge is -2.17. The van der Waals surface area contributed by atoms with Gasteiger partial charge in [-0.1, -0.05) is 65.9 Å². The summed E-state index contributed by atoms with van der Waals surface area (Å²) in [5.41, 5.74) is 0.440. The van der Waals surface area contributed by atoms with Crippen molar-refractivity contribution in [1.29, 1.82) is 0 Å². The first-order valence-electron chi connectivity index (χ1n) is 10.4. The minimum atomic E-state index is -4.67. The highest BCUT2D eigenvalue weighted by Crippen LogP contribution is 2.34. The molecule has 0 atom stereocenters. The third-order valence-electron chi connectivity index (χ3n) is 5.14. The summed E-state index contributed by atoms with van der Waals surface area (Å²) in [5.74, 6) is -0.450. The van der Waals surface area contributed by atoms with E-state index in [9.17, 15) is 22.8 Å². The van der Waals surface area contributed by atoms with E-state index in [1.54, 1.807) is 18.2 Å². The molecule has 34 heavy (non-hydrogen) atoms. The van der Waals surface area contributed by atoms with Crippen LogP contribution in [0.2, 0.25) is 0 Å². The fourth-order valence-electron chi connectivity index (χ4n) is 3.42. The molecule has 1 aromatic heterocycles. The van der Waals surface area contributed by atoms with Crippen molar-refractivity contribution in [1.82, 2.24) is 14.9 Å². The lowest BCUT2D eigenvalue weighted by atomic mass is 10.1. The molecule has 4 aromatic rings. The number of benzene rings is 3. The average molecular weight is 484 g/mol. The predicted octanol–water partition coefficient (Wildman–Crippen LogP) is 5.12. The van der Waals surface area contributed by atoms with E-state index in [1.165, 1.54) is 24.3 Å². The van der Waals surface area contributed by atoms with Gasteiger partial charge in [0.15, 0.2) is 5.16 Å². The highest BCUT2D eigenvalue weighted by Gasteiger charge is 2.34. The van der Waals surface area contributed by atoms with Crippen molar-refractivity contribution in [3.05, 3.63) is 99.8 Å². The van der Waals surface area contributed by atoms with E-state index in [-0.39, 0.29) is 27.9 Å². The zero-order valence-electron chi connectivity index (χ0n) is 18.1. The van der Waals surface area contributed by atoms with Crippen LogP contribution in [0.1, 0.15) is 16.7 Å². The summed E-state index contributed by atoms with van der Waals surface area (Å²) in [6.45, 7) is 2.28. The van der Waals surface area contributed by atoms with Gasteiger partial charge in [0.25, 0.3) is 5.56 Å². The molecule has 1 amide bonds. The zero-order chi connectivity index (χ0) is 24.3. The van der Waals surface area contributed by atoms with E-state index in [0.717, 1.165) is 33.5 Å². The van der Waals surface area contributed by atoms with Crippen molar-refractivity contribution in [2.45, 2.75) is 24.8 Å². The molecule has 0 aliphatic carbocycles. The number of carbonyl (C=O) groups excluding carboxylic acids is 1. The molecular formula is C25H20F3N3O2S. The van der Waals surface area contributed by atoms with Gasteiger partial charge in [0.05, 0.1) is 27.9 Å². The van der Waals surface area contributed by atoms with Gasteiger partial charge in [-0.15, -0.1) is 0 Å². The van der Waals surface area contributed by atoms with E-state index in [2.05, 4.69) is 10.3 Å². The van der Waals surface area contributed by atoms with Gasteiger partial charge in [-0.2, -0.15) is 13.2 Å². The Kier molecular flexibility index (Phi) is 6.74. The number of aryl methyl sites for hydroxylation is 1. The fraction of sp³-hybridized carbons (Fsp3) is 0.160. The Morgan fingerprint density at radius 2 is 1.68 bits per heavy atom. The Balaban J connectivity index is 1.67. The molecule has 0 unspecified atom stereocenters. The van der Waals surface area contributed by atoms with Crippen LogP contribution in [-0.4, -0.2) is 21.2 Å². The maximum absolute atomic E-state index is 13.7. The molecule has 5 nitrogen and oxygen atoms in total. The van der Waals surface area contributed by atoms with Crippen molar-refractivity contribution in [2.24, 2.45) is 0 Å². The molecule has 0 fully saturated rings. The SMILES string of the molecule is Cc1ccc(CNC(=O)CSc2nc3ccccc3c(=O)n2-c2ccccc2C(F)(F)F)cc1. The first-order valence-corrected chi connectivity index (χ1v) is 11.4. The van der Waals surface area contributed by atoms with E-state index in [0.29, 0.717) is 12.1 Å². The van der Waals surface area contributed by atoms with E-state index in [1.807, 2.05) is 31.2 Å². The highest BCUT2D eigenvalue weighted by atomic mass is 32.2. The number of alkyl halides is 3. The second kappa shape index (κ2) is 9.72. The summed E-state index contributed by atoms with van der Waals surface area (Å²) >= 11 is 0.908. The van der Waals surface area contributed by atoms with Gasteiger partial charge in [0, 0.05) is 6.54 Å². The lowest BCUT2D eigenvalue weighted by molar-refractivity contribution is -0.137. The molecular weight excluding hydrogens is 463 g/mol. The second-order valence-electron chi connectivity index (χ2n) is 7.62. The molecule has 1 N–H and O–H groups in total. The normalized spacial score (nSPS) is 11.5. The maximum atomic E-state index is 13.7. The maximum Gasteiger partial charge on any atom is 0.418 e. The van der Waals surface area contributed by atoms with Gasteiger partial charge < -0.3 is 5.32 Å². The summed E-state index contributed by atoms with van der Waals surface area (Å²) in [4.78, 5) is 30.1. The Labute approximate surface area is 197 Å². The van der Waals surface area contributed by atoms with Gasteiger partial charge >= 0.3 is 6.18 Å². The monoisotopic (exact) mass is 483 g/mol. The molecule has 0 aliphatic rings. The van der Waals surface area contributed by atoms with Crippen LogP contribution in [0.3, 0.4) is 0 Å². The molecule has 0 spiro atoms. The van der Waals surface area contributed by atoms with Gasteiger partial charge in [-0.3, -0.25) is 14.2 Å². The second-order valence-corrected chi connectivity index (χ2v) is 8.56. The van der Waals surface area contributed by atoms with Crippen molar-refractivity contribution < 1.29 is 18.0 Å². The number of halogens is 3. The van der Waals surface area contributed by atoms with E-state index >= 15 is 0 Å². The quantitative estimate of drug-likeness (QED) is 0.305. The number of carbonyl (C=O) groups is 1. The van der Waals surface area contributed by atoms with Gasteiger partial charge in [-0.05, 0) is 36.8 Å². The molecule has 3 aromatic carbocycles. The lowest BCUT2D eigenvalue weighted by Crippen LogP contribution is -2.27. The van der Waals surface area contributed by atoms with Gasteiger partial charge in [0.1, 0.15) is 0 Å². The van der Waals surface area contributed by atoms with Crippen LogP contribution in [0.15, 0.2) is 82.7 Å². The zero-order valence-corrected chi connectivity index (χ0v) is 18.9. The molecule has 0 saturated carbocycles. The third kappa shape index (κ3) is 5.14. The molecule has 0 saturated heterocycles. The Morgan fingerprint density at radius 3 is 2.41 bits per heavy atom. The smallest absolute Gasteiger partial charge is 0.351 e. The first kappa shape index (κ1) is 23.6. The number of thioether (sulfide) groups is 1. The Hall–Kier alpha value is -3.59. The topological polar surface area (TPSA) is 64.0 Å². The minimum Gasteiger partial charge on any atom is -0.351 e. The highest BCUT2D eigenvalue weighted by molar-refractivity contribution is 7.99. The summed E-state index contributed by atoms with van der Waals surface area (Å²) in [5, 5.41) is 2.97. The summed E-state index contributed by atoms with van der Waals surface area (Å²) in [6, 6.07) is 18.9. The predicted molar refractivity (Wildman–Crippen MR) is 126 cm³/mol. The van der Waals surface area contributed by atoms with E-state index in [4.69, 9.17) is 0 Å². The standard InChI is InChI=1S/C25H20F3N3O2S/c1-16-10-12-17(13-11-16)14-29-22(32)15-34-24-30-20-8-4-2-6-18(20)23(33)31(24)21-9-5-3-7-19(21)25(26,27)28/h2-13H,14-15H2,1H3,(H,29,32). The third-order valence-corrected chi connectivity index (χ3v) is 6.08. The number of nitrogens with one attached hydrogen (secondary N) is 1. The van der Waals surface area contributed by atoms with Crippen LogP contribution in [-0.2, 0) is 17.5 Å². The number of aromatic nitrogens is 2. The summed E-state index contributed by atoms with van der Waals surface area (Å²) in [7, 11) is 0. The molecule has 9 heteroatoms. The number of amides is 1. The van der Waals surface area contributed by atoms with Gasteiger partial charge in [-0.25, -0.2) is 4.98 Å². The minimum absolute atomic E-state index is 0.00545. The van der Waals surface area contributed by atoms with Crippen LogP contribution in [0.5, 0.6) is 0 Å². The van der Waals surface area contributed by atoms with Crippen LogP contribution in [0.4, 0.5) is 13.2 Å². The fourth-order valence-corrected chi connectivity index (χ4v) is 4.25. The van der Waals surface area contributed by atoms with Gasteiger partial charge in [0.2, 0.25) is 5.91 Å². The van der Waals surface area contributed by atoms with Crippen molar-refractivity contribution >= 4 is 28.6 Å². The average Bonchev–Trinajstić information content (AvgIpc) is 2.82. The Bertz CT molecular complexity index is 1400. The van der Waals surface area contributed by atoms with Crippen molar-refractivity contribution in [2.75, 3.05) is 5.75 Å². The number of fused-ring (bicyclic) bond motifs is 1.